The maximum atomic E-state index is 13.7. The summed E-state index contributed by atoms with van der Waals surface area (Å²) in [6.07, 6.45) is 2.81. The van der Waals surface area contributed by atoms with E-state index < -0.39 is 0 Å². The highest BCUT2D eigenvalue weighted by Crippen LogP contribution is 2.36. The van der Waals surface area contributed by atoms with Crippen LogP contribution in [0, 0.1) is 5.82 Å². The summed E-state index contributed by atoms with van der Waals surface area (Å²) in [5.74, 6) is -0.211. The Bertz CT molecular complexity index is 969. The van der Waals surface area contributed by atoms with Gasteiger partial charge in [-0.05, 0) is 61.7 Å². The third-order valence-corrected chi connectivity index (χ3v) is 5.31. The van der Waals surface area contributed by atoms with Crippen LogP contribution >= 0.6 is 11.3 Å². The molecule has 2 heterocycles. The van der Waals surface area contributed by atoms with E-state index in [1.54, 1.807) is 23.5 Å². The number of halogens is 1. The van der Waals surface area contributed by atoms with E-state index in [-0.39, 0.29) is 5.82 Å². The summed E-state index contributed by atoms with van der Waals surface area (Å²) >= 11 is 1.66. The summed E-state index contributed by atoms with van der Waals surface area (Å²) in [5, 5.41) is 1.90. The van der Waals surface area contributed by atoms with Crippen LogP contribution in [0.1, 0.15) is 18.4 Å². The normalized spacial score (nSPS) is 11.6. The van der Waals surface area contributed by atoms with Gasteiger partial charge in [0.15, 0.2) is 0 Å². The first kappa shape index (κ1) is 15.3. The van der Waals surface area contributed by atoms with E-state index >= 15 is 0 Å². The summed E-state index contributed by atoms with van der Waals surface area (Å²) in [5.41, 5.74) is 9.72. The Morgan fingerprint density at radius 3 is 2.83 bits per heavy atom. The van der Waals surface area contributed by atoms with Gasteiger partial charge in [-0.1, -0.05) is 12.1 Å². The molecule has 0 saturated carbocycles. The lowest BCUT2D eigenvalue weighted by molar-refractivity contribution is 0.629. The number of fused-ring (bicyclic) bond motifs is 2. The first-order chi connectivity index (χ1) is 11.8. The van der Waals surface area contributed by atoms with Crippen LogP contribution in [-0.4, -0.2) is 16.5 Å². The first-order valence-corrected chi connectivity index (χ1v) is 8.94. The van der Waals surface area contributed by atoms with Crippen molar-refractivity contribution in [3.8, 4) is 10.7 Å². The van der Waals surface area contributed by atoms with Gasteiger partial charge in [-0.15, -0.1) is 11.3 Å². The zero-order chi connectivity index (χ0) is 16.5. The van der Waals surface area contributed by atoms with Gasteiger partial charge in [0, 0.05) is 10.9 Å². The van der Waals surface area contributed by atoms with Crippen molar-refractivity contribution in [1.29, 1.82) is 0 Å². The fourth-order valence-corrected chi connectivity index (χ4v) is 4.08. The van der Waals surface area contributed by atoms with E-state index in [1.165, 1.54) is 6.07 Å². The number of aromatic nitrogens is 2. The van der Waals surface area contributed by atoms with Gasteiger partial charge in [-0.25, -0.2) is 9.37 Å². The molecule has 122 valence electrons. The third kappa shape index (κ3) is 2.70. The molecule has 0 radical (unpaired) electrons. The van der Waals surface area contributed by atoms with Crippen molar-refractivity contribution in [2.75, 3.05) is 6.54 Å². The number of H-pyrrole nitrogens is 1. The molecule has 0 aliphatic carbocycles. The van der Waals surface area contributed by atoms with Gasteiger partial charge in [0.1, 0.15) is 10.8 Å². The molecule has 0 fully saturated rings. The highest BCUT2D eigenvalue weighted by Gasteiger charge is 2.16. The lowest BCUT2D eigenvalue weighted by Crippen LogP contribution is -1.99. The van der Waals surface area contributed by atoms with Crippen molar-refractivity contribution in [2.24, 2.45) is 5.73 Å². The molecular formula is C19H18FN3S. The van der Waals surface area contributed by atoms with Gasteiger partial charge < -0.3 is 10.7 Å². The Balaban J connectivity index is 1.87. The van der Waals surface area contributed by atoms with Gasteiger partial charge >= 0.3 is 0 Å². The largest absolute Gasteiger partial charge is 0.352 e. The standard InChI is InChI=1S/C19H18FN3S/c20-12-8-9-15-14(11-12)13(5-3-4-10-21)18(22-15)19-23-16-6-1-2-7-17(16)24-19/h1-2,6-9,11,22H,3-5,10,21H2. The quantitative estimate of drug-likeness (QED) is 0.510. The van der Waals surface area contributed by atoms with Crippen molar-refractivity contribution < 1.29 is 4.39 Å². The molecule has 4 rings (SSSR count). The summed E-state index contributed by atoms with van der Waals surface area (Å²) in [6, 6.07) is 13.0. The van der Waals surface area contributed by atoms with Gasteiger partial charge in [0.25, 0.3) is 0 Å². The van der Waals surface area contributed by atoms with E-state index in [9.17, 15) is 4.39 Å². The minimum Gasteiger partial charge on any atom is -0.352 e. The molecule has 5 heteroatoms. The zero-order valence-corrected chi connectivity index (χ0v) is 14.0. The second-order valence-corrected chi connectivity index (χ2v) is 6.93. The number of rotatable bonds is 5. The van der Waals surface area contributed by atoms with Gasteiger partial charge in [0.2, 0.25) is 0 Å². The minimum atomic E-state index is -0.211. The van der Waals surface area contributed by atoms with E-state index in [0.717, 1.165) is 56.6 Å². The van der Waals surface area contributed by atoms with Crippen LogP contribution in [0.4, 0.5) is 4.39 Å². The van der Waals surface area contributed by atoms with Crippen LogP contribution in [0.3, 0.4) is 0 Å². The van der Waals surface area contributed by atoms with Crippen molar-refractivity contribution in [3.63, 3.8) is 0 Å². The number of hydrogen-bond acceptors (Lipinski definition) is 3. The second-order valence-electron chi connectivity index (χ2n) is 5.90. The second kappa shape index (κ2) is 6.34. The number of nitrogens with two attached hydrogens (primary N) is 1. The van der Waals surface area contributed by atoms with Crippen LogP contribution in [-0.2, 0) is 6.42 Å². The topological polar surface area (TPSA) is 54.7 Å². The fourth-order valence-electron chi connectivity index (χ4n) is 3.09. The molecule has 0 spiro atoms. The predicted molar refractivity (Wildman–Crippen MR) is 98.9 cm³/mol. The van der Waals surface area contributed by atoms with E-state index in [2.05, 4.69) is 11.1 Å². The predicted octanol–water partition coefficient (Wildman–Crippen LogP) is 4.87. The molecule has 0 atom stereocenters. The minimum absolute atomic E-state index is 0.211. The zero-order valence-electron chi connectivity index (χ0n) is 13.2. The highest BCUT2D eigenvalue weighted by molar-refractivity contribution is 7.21. The molecule has 2 aromatic carbocycles. The molecule has 0 saturated heterocycles. The maximum absolute atomic E-state index is 13.7. The van der Waals surface area contributed by atoms with Crippen LogP contribution in [0.25, 0.3) is 31.8 Å². The van der Waals surface area contributed by atoms with Crippen molar-refractivity contribution in [1.82, 2.24) is 9.97 Å². The number of nitrogens with zero attached hydrogens (tertiary/aromatic N) is 1. The summed E-state index contributed by atoms with van der Waals surface area (Å²) in [7, 11) is 0. The molecular weight excluding hydrogens is 321 g/mol. The number of hydrogen-bond donors (Lipinski definition) is 2. The molecule has 0 aliphatic heterocycles. The Hall–Kier alpha value is -2.24. The summed E-state index contributed by atoms with van der Waals surface area (Å²) in [4.78, 5) is 8.20. The highest BCUT2D eigenvalue weighted by atomic mass is 32.1. The Kier molecular flexibility index (Phi) is 4.04. The lowest BCUT2D eigenvalue weighted by atomic mass is 10.0. The molecule has 0 unspecified atom stereocenters. The smallest absolute Gasteiger partial charge is 0.141 e. The van der Waals surface area contributed by atoms with E-state index in [0.29, 0.717) is 6.54 Å². The molecule has 0 bridgehead atoms. The number of aryl methyl sites for hydroxylation is 1. The van der Waals surface area contributed by atoms with Crippen LogP contribution in [0.2, 0.25) is 0 Å². The number of para-hydroxylation sites is 1. The number of unbranched alkanes of at least 4 members (excludes halogenated alkanes) is 1. The molecule has 2 aromatic heterocycles. The SMILES string of the molecule is NCCCCc1c(-c2nc3ccccc3s2)[nH]c2ccc(F)cc12. The molecule has 3 nitrogen and oxygen atoms in total. The Morgan fingerprint density at radius 2 is 2.00 bits per heavy atom. The number of thiazole rings is 1. The Labute approximate surface area is 143 Å². The van der Waals surface area contributed by atoms with Gasteiger partial charge in [0.05, 0.1) is 15.9 Å². The van der Waals surface area contributed by atoms with Crippen molar-refractivity contribution in [3.05, 3.63) is 53.8 Å². The molecule has 0 aliphatic rings. The van der Waals surface area contributed by atoms with Crippen LogP contribution < -0.4 is 5.73 Å². The van der Waals surface area contributed by atoms with E-state index in [1.807, 2.05) is 18.2 Å². The molecule has 24 heavy (non-hydrogen) atoms. The third-order valence-electron chi connectivity index (χ3n) is 4.26. The summed E-state index contributed by atoms with van der Waals surface area (Å²) in [6.45, 7) is 0.674. The maximum Gasteiger partial charge on any atom is 0.141 e. The average Bonchev–Trinajstić information content (AvgIpc) is 3.16. The number of benzene rings is 2. The fraction of sp³-hybridized carbons (Fsp3) is 0.211. The number of aromatic amines is 1. The molecule has 3 N–H and O–H groups in total. The van der Waals surface area contributed by atoms with Gasteiger partial charge in [-0.2, -0.15) is 0 Å². The van der Waals surface area contributed by atoms with Crippen molar-refractivity contribution >= 4 is 32.5 Å². The lowest BCUT2D eigenvalue weighted by Gasteiger charge is -2.02. The molecule has 4 aromatic rings. The Morgan fingerprint density at radius 1 is 1.12 bits per heavy atom. The summed E-state index contributed by atoms with van der Waals surface area (Å²) < 4.78 is 14.9. The van der Waals surface area contributed by atoms with Crippen LogP contribution in [0.15, 0.2) is 42.5 Å². The monoisotopic (exact) mass is 339 g/mol. The van der Waals surface area contributed by atoms with Crippen molar-refractivity contribution in [2.45, 2.75) is 19.3 Å². The number of nitrogens with one attached hydrogen (secondary N) is 1. The van der Waals surface area contributed by atoms with Gasteiger partial charge in [-0.3, -0.25) is 0 Å². The first-order valence-electron chi connectivity index (χ1n) is 8.12. The van der Waals surface area contributed by atoms with Crippen LogP contribution in [0.5, 0.6) is 0 Å². The molecule has 0 amide bonds. The van der Waals surface area contributed by atoms with E-state index in [4.69, 9.17) is 10.7 Å². The average molecular weight is 339 g/mol.